The number of hydrogen-bond acceptors (Lipinski definition) is 5. The van der Waals surface area contributed by atoms with Gasteiger partial charge in [0.15, 0.2) is 0 Å². The highest BCUT2D eigenvalue weighted by Crippen LogP contribution is 2.34. The molecule has 2 aliphatic heterocycles. The number of aliphatic hydroxyl groups is 1. The number of imide groups is 1. The molecule has 1 fully saturated rings. The molecule has 168 valence electrons. The fraction of sp³-hybridized carbons (Fsp3) is 0.269. The Morgan fingerprint density at radius 2 is 1.39 bits per heavy atom. The third-order valence-electron chi connectivity index (χ3n) is 6.51. The number of fused-ring (bicyclic) bond motifs is 1. The zero-order valence-corrected chi connectivity index (χ0v) is 19.7. The van der Waals surface area contributed by atoms with Gasteiger partial charge >= 0.3 is 0 Å². The molecule has 2 aliphatic rings. The lowest BCUT2D eigenvalue weighted by atomic mass is 9.84. The van der Waals surface area contributed by atoms with E-state index in [9.17, 15) is 14.7 Å². The lowest BCUT2D eigenvalue weighted by molar-refractivity contribution is -0.0279. The van der Waals surface area contributed by atoms with E-state index in [0.29, 0.717) is 36.2 Å². The standard InChI is InChI=1S/C26H24BrN3O3/c27-19-10-8-18(9-11-19)26(33)12-14-29(15-13-26)16-20-4-3-5-21(28-20)17-30-24(31)22-6-1-2-7-23(22)25(30)32/h1-11,33H,12-17H2. The van der Waals surface area contributed by atoms with Crippen molar-refractivity contribution in [1.29, 1.82) is 0 Å². The average Bonchev–Trinajstić information content (AvgIpc) is 3.06. The summed E-state index contributed by atoms with van der Waals surface area (Å²) in [6.45, 7) is 2.34. The van der Waals surface area contributed by atoms with Gasteiger partial charge in [-0.3, -0.25) is 24.4 Å². The summed E-state index contributed by atoms with van der Waals surface area (Å²) in [5.41, 5.74) is 2.61. The van der Waals surface area contributed by atoms with Crippen LogP contribution in [-0.4, -0.2) is 44.8 Å². The number of pyridine rings is 1. The number of amides is 2. The molecule has 5 rings (SSSR count). The molecule has 1 aromatic heterocycles. The predicted molar refractivity (Wildman–Crippen MR) is 127 cm³/mol. The van der Waals surface area contributed by atoms with Crippen molar-refractivity contribution < 1.29 is 14.7 Å². The molecule has 0 atom stereocenters. The number of carbonyl (C=O) groups excluding carboxylic acids is 2. The first-order chi connectivity index (χ1) is 15.9. The first kappa shape index (κ1) is 21.9. The van der Waals surface area contributed by atoms with E-state index in [1.807, 2.05) is 42.5 Å². The number of benzene rings is 2. The van der Waals surface area contributed by atoms with E-state index >= 15 is 0 Å². The molecule has 0 radical (unpaired) electrons. The van der Waals surface area contributed by atoms with Crippen molar-refractivity contribution in [3.8, 4) is 0 Å². The Labute approximate surface area is 201 Å². The highest BCUT2D eigenvalue weighted by molar-refractivity contribution is 9.10. The van der Waals surface area contributed by atoms with Gasteiger partial charge in [-0.2, -0.15) is 0 Å². The van der Waals surface area contributed by atoms with Crippen molar-refractivity contribution in [2.45, 2.75) is 31.5 Å². The average molecular weight is 506 g/mol. The third kappa shape index (κ3) is 4.36. The minimum atomic E-state index is -0.808. The number of nitrogens with zero attached hydrogens (tertiary/aromatic N) is 3. The maximum atomic E-state index is 12.7. The molecule has 0 bridgehead atoms. The summed E-state index contributed by atoms with van der Waals surface area (Å²) in [4.78, 5) is 33.6. The van der Waals surface area contributed by atoms with Gasteiger partial charge in [-0.25, -0.2) is 0 Å². The lowest BCUT2D eigenvalue weighted by Gasteiger charge is -2.38. The number of rotatable bonds is 5. The minimum Gasteiger partial charge on any atom is -0.385 e. The summed E-state index contributed by atoms with van der Waals surface area (Å²) in [5, 5.41) is 11.1. The molecule has 33 heavy (non-hydrogen) atoms. The van der Waals surface area contributed by atoms with Crippen LogP contribution in [0.2, 0.25) is 0 Å². The normalized spacial score (nSPS) is 17.9. The molecular weight excluding hydrogens is 482 g/mol. The number of piperidine rings is 1. The second kappa shape index (κ2) is 8.82. The number of likely N-dealkylation sites (tertiary alicyclic amines) is 1. The largest absolute Gasteiger partial charge is 0.385 e. The smallest absolute Gasteiger partial charge is 0.261 e. The van der Waals surface area contributed by atoms with Crippen molar-refractivity contribution in [3.63, 3.8) is 0 Å². The Hall–Kier alpha value is -2.87. The zero-order chi connectivity index (χ0) is 23.0. The van der Waals surface area contributed by atoms with E-state index < -0.39 is 5.60 Å². The molecule has 1 N–H and O–H groups in total. The van der Waals surface area contributed by atoms with Crippen molar-refractivity contribution in [2.24, 2.45) is 0 Å². The van der Waals surface area contributed by atoms with Crippen molar-refractivity contribution in [1.82, 2.24) is 14.8 Å². The lowest BCUT2D eigenvalue weighted by Crippen LogP contribution is -2.42. The molecule has 7 heteroatoms. The van der Waals surface area contributed by atoms with Gasteiger partial charge in [0.25, 0.3) is 11.8 Å². The molecule has 0 unspecified atom stereocenters. The first-order valence-corrected chi connectivity index (χ1v) is 11.8. The second-order valence-electron chi connectivity index (χ2n) is 8.68. The van der Waals surface area contributed by atoms with Crippen LogP contribution in [0, 0.1) is 0 Å². The van der Waals surface area contributed by atoms with Gasteiger partial charge in [0.05, 0.1) is 34.7 Å². The van der Waals surface area contributed by atoms with Crippen LogP contribution in [0.5, 0.6) is 0 Å². The molecule has 0 saturated carbocycles. The summed E-state index contributed by atoms with van der Waals surface area (Å²) in [6.07, 6.45) is 1.31. The number of halogens is 1. The van der Waals surface area contributed by atoms with Crippen molar-refractivity contribution in [2.75, 3.05) is 13.1 Å². The van der Waals surface area contributed by atoms with E-state index in [1.54, 1.807) is 24.3 Å². The monoisotopic (exact) mass is 505 g/mol. The van der Waals surface area contributed by atoms with Crippen LogP contribution < -0.4 is 0 Å². The fourth-order valence-electron chi connectivity index (χ4n) is 4.61. The Balaban J connectivity index is 1.22. The van der Waals surface area contributed by atoms with Gasteiger partial charge in [0.1, 0.15) is 0 Å². The van der Waals surface area contributed by atoms with Gasteiger partial charge in [0.2, 0.25) is 0 Å². The van der Waals surface area contributed by atoms with Gasteiger partial charge in [0, 0.05) is 24.1 Å². The van der Waals surface area contributed by atoms with E-state index in [0.717, 1.165) is 28.8 Å². The van der Waals surface area contributed by atoms with Crippen molar-refractivity contribution >= 4 is 27.7 Å². The second-order valence-corrected chi connectivity index (χ2v) is 9.59. The fourth-order valence-corrected chi connectivity index (χ4v) is 4.87. The minimum absolute atomic E-state index is 0.156. The van der Waals surface area contributed by atoms with Crippen LogP contribution in [0.4, 0.5) is 0 Å². The van der Waals surface area contributed by atoms with E-state index in [4.69, 9.17) is 4.98 Å². The Morgan fingerprint density at radius 3 is 2.00 bits per heavy atom. The third-order valence-corrected chi connectivity index (χ3v) is 7.04. The summed E-state index contributed by atoms with van der Waals surface area (Å²) in [5.74, 6) is -0.544. The Kier molecular flexibility index (Phi) is 5.86. The van der Waals surface area contributed by atoms with Gasteiger partial charge in [-0.05, 0) is 54.8 Å². The van der Waals surface area contributed by atoms with Crippen LogP contribution in [0.1, 0.15) is 50.5 Å². The number of aromatic nitrogens is 1. The van der Waals surface area contributed by atoms with Crippen LogP contribution in [0.3, 0.4) is 0 Å². The number of hydrogen-bond donors (Lipinski definition) is 1. The zero-order valence-electron chi connectivity index (χ0n) is 18.1. The molecule has 0 aliphatic carbocycles. The van der Waals surface area contributed by atoms with E-state index in [-0.39, 0.29) is 18.4 Å². The summed E-state index contributed by atoms with van der Waals surface area (Å²) in [7, 11) is 0. The SMILES string of the molecule is O=C1c2ccccc2C(=O)N1Cc1cccc(CN2CCC(O)(c3ccc(Br)cc3)CC2)n1. The molecule has 0 spiro atoms. The summed E-state index contributed by atoms with van der Waals surface area (Å²) < 4.78 is 0.999. The van der Waals surface area contributed by atoms with Crippen LogP contribution in [0.15, 0.2) is 71.2 Å². The Morgan fingerprint density at radius 1 is 0.818 bits per heavy atom. The van der Waals surface area contributed by atoms with Gasteiger partial charge in [-0.15, -0.1) is 0 Å². The molecule has 2 aromatic carbocycles. The van der Waals surface area contributed by atoms with Gasteiger partial charge < -0.3 is 5.11 Å². The van der Waals surface area contributed by atoms with Crippen LogP contribution in [-0.2, 0) is 18.7 Å². The van der Waals surface area contributed by atoms with Crippen molar-refractivity contribution in [3.05, 3.63) is 99.3 Å². The maximum Gasteiger partial charge on any atom is 0.261 e. The van der Waals surface area contributed by atoms with E-state index in [2.05, 4.69) is 20.8 Å². The summed E-state index contributed by atoms with van der Waals surface area (Å²) in [6, 6.07) is 20.5. The van der Waals surface area contributed by atoms with Crippen LogP contribution >= 0.6 is 15.9 Å². The van der Waals surface area contributed by atoms with E-state index in [1.165, 1.54) is 4.90 Å². The molecule has 1 saturated heterocycles. The molecule has 3 heterocycles. The quantitative estimate of drug-likeness (QED) is 0.527. The molecule has 2 amide bonds. The topological polar surface area (TPSA) is 73.7 Å². The molecule has 6 nitrogen and oxygen atoms in total. The number of carbonyl (C=O) groups is 2. The highest BCUT2D eigenvalue weighted by Gasteiger charge is 2.36. The predicted octanol–water partition coefficient (Wildman–Crippen LogP) is 4.12. The highest BCUT2D eigenvalue weighted by atomic mass is 79.9. The molecular formula is C26H24BrN3O3. The Bertz CT molecular complexity index is 1170. The molecule has 3 aromatic rings. The summed E-state index contributed by atoms with van der Waals surface area (Å²) >= 11 is 3.44. The first-order valence-electron chi connectivity index (χ1n) is 11.0. The maximum absolute atomic E-state index is 12.7. The van der Waals surface area contributed by atoms with Gasteiger partial charge in [-0.1, -0.05) is 46.3 Å². The van der Waals surface area contributed by atoms with Crippen LogP contribution in [0.25, 0.3) is 0 Å².